The molecule has 1 aliphatic heterocycles. The summed E-state index contributed by atoms with van der Waals surface area (Å²) >= 11 is 1.64. The van der Waals surface area contributed by atoms with Crippen LogP contribution in [0.5, 0.6) is 0 Å². The van der Waals surface area contributed by atoms with E-state index in [1.54, 1.807) is 11.3 Å². The molecule has 24 heavy (non-hydrogen) atoms. The maximum absolute atomic E-state index is 12.6. The van der Waals surface area contributed by atoms with Gasteiger partial charge in [0.15, 0.2) is 0 Å². The summed E-state index contributed by atoms with van der Waals surface area (Å²) in [5, 5.41) is 3.14. The predicted molar refractivity (Wildman–Crippen MR) is 97.5 cm³/mol. The summed E-state index contributed by atoms with van der Waals surface area (Å²) in [6.45, 7) is 10.1. The van der Waals surface area contributed by atoms with Crippen molar-refractivity contribution in [1.82, 2.24) is 9.97 Å². The molecule has 2 aromatic rings. The Morgan fingerprint density at radius 2 is 2.21 bits per heavy atom. The van der Waals surface area contributed by atoms with E-state index in [1.807, 2.05) is 6.92 Å². The van der Waals surface area contributed by atoms with Crippen LogP contribution in [-0.2, 0) is 16.0 Å². The Balaban J connectivity index is 1.97. The van der Waals surface area contributed by atoms with Crippen LogP contribution in [0.25, 0.3) is 10.2 Å². The number of fused-ring (bicyclic) bond motifs is 1. The van der Waals surface area contributed by atoms with Gasteiger partial charge in [-0.25, -0.2) is 9.97 Å². The SMILES string of the molecule is CCOC(=O)C1(C(C)C)CCN(c2nc(CC)nc3sccc23)C1. The fourth-order valence-corrected chi connectivity index (χ4v) is 4.22. The lowest BCUT2D eigenvalue weighted by atomic mass is 9.76. The zero-order valence-electron chi connectivity index (χ0n) is 14.8. The van der Waals surface area contributed by atoms with Crippen molar-refractivity contribution in [2.24, 2.45) is 11.3 Å². The van der Waals surface area contributed by atoms with Crippen LogP contribution in [-0.4, -0.2) is 35.6 Å². The van der Waals surface area contributed by atoms with Crippen molar-refractivity contribution in [2.45, 2.75) is 40.5 Å². The molecule has 0 bridgehead atoms. The molecule has 3 heterocycles. The summed E-state index contributed by atoms with van der Waals surface area (Å²) in [4.78, 5) is 25.3. The molecule has 0 aliphatic carbocycles. The van der Waals surface area contributed by atoms with Gasteiger partial charge in [0.25, 0.3) is 0 Å². The van der Waals surface area contributed by atoms with E-state index in [1.165, 1.54) is 0 Å². The van der Waals surface area contributed by atoms with Gasteiger partial charge in [-0.3, -0.25) is 4.79 Å². The smallest absolute Gasteiger partial charge is 0.314 e. The molecular formula is C18H25N3O2S. The topological polar surface area (TPSA) is 55.3 Å². The number of aromatic nitrogens is 2. The normalized spacial score (nSPS) is 21.0. The molecule has 0 saturated carbocycles. The van der Waals surface area contributed by atoms with E-state index < -0.39 is 5.41 Å². The Kier molecular flexibility index (Phi) is 4.76. The largest absolute Gasteiger partial charge is 0.466 e. The van der Waals surface area contributed by atoms with E-state index in [2.05, 4.69) is 42.1 Å². The molecule has 0 spiro atoms. The maximum Gasteiger partial charge on any atom is 0.314 e. The molecule has 1 unspecified atom stereocenters. The Hall–Kier alpha value is -1.69. The summed E-state index contributed by atoms with van der Waals surface area (Å²) in [6.07, 6.45) is 1.61. The van der Waals surface area contributed by atoms with E-state index in [9.17, 15) is 4.79 Å². The lowest BCUT2D eigenvalue weighted by molar-refractivity contribution is -0.156. The first-order valence-corrected chi connectivity index (χ1v) is 9.56. The molecule has 0 radical (unpaired) electrons. The Morgan fingerprint density at radius 1 is 1.42 bits per heavy atom. The summed E-state index contributed by atoms with van der Waals surface area (Å²) < 4.78 is 5.40. The first-order chi connectivity index (χ1) is 11.5. The van der Waals surface area contributed by atoms with E-state index in [4.69, 9.17) is 9.72 Å². The quantitative estimate of drug-likeness (QED) is 0.773. The van der Waals surface area contributed by atoms with Gasteiger partial charge in [-0.15, -0.1) is 11.3 Å². The Labute approximate surface area is 147 Å². The number of thiophene rings is 1. The van der Waals surface area contributed by atoms with Crippen LogP contribution in [0, 0.1) is 11.3 Å². The van der Waals surface area contributed by atoms with Gasteiger partial charge in [0.05, 0.1) is 17.4 Å². The molecule has 0 amide bonds. The number of esters is 1. The monoisotopic (exact) mass is 347 g/mol. The van der Waals surface area contributed by atoms with Crippen molar-refractivity contribution < 1.29 is 9.53 Å². The van der Waals surface area contributed by atoms with Gasteiger partial charge >= 0.3 is 5.97 Å². The molecule has 0 N–H and O–H groups in total. The number of hydrogen-bond donors (Lipinski definition) is 0. The number of anilines is 1. The summed E-state index contributed by atoms with van der Waals surface area (Å²) in [5.74, 6) is 1.98. The van der Waals surface area contributed by atoms with Crippen LogP contribution in [0.3, 0.4) is 0 Å². The average molecular weight is 347 g/mol. The Bertz CT molecular complexity index is 743. The first kappa shape index (κ1) is 17.1. The molecule has 3 rings (SSSR count). The predicted octanol–water partition coefficient (Wildman–Crippen LogP) is 3.67. The van der Waals surface area contributed by atoms with E-state index in [0.29, 0.717) is 13.2 Å². The van der Waals surface area contributed by atoms with Crippen LogP contribution in [0.2, 0.25) is 0 Å². The number of carbonyl (C=O) groups excluding carboxylic acids is 1. The number of aryl methyl sites for hydroxylation is 1. The number of carbonyl (C=O) groups is 1. The van der Waals surface area contributed by atoms with Crippen LogP contribution in [0.4, 0.5) is 5.82 Å². The molecule has 1 atom stereocenters. The number of ether oxygens (including phenoxy) is 1. The van der Waals surface area contributed by atoms with Crippen LogP contribution in [0.15, 0.2) is 11.4 Å². The molecule has 0 aromatic carbocycles. The number of nitrogens with zero attached hydrogens (tertiary/aromatic N) is 3. The maximum atomic E-state index is 12.6. The minimum Gasteiger partial charge on any atom is -0.466 e. The third-order valence-corrected chi connectivity index (χ3v) is 5.86. The highest BCUT2D eigenvalue weighted by atomic mass is 32.1. The molecular weight excluding hydrogens is 322 g/mol. The van der Waals surface area contributed by atoms with Crippen molar-refractivity contribution in [1.29, 1.82) is 0 Å². The zero-order valence-corrected chi connectivity index (χ0v) is 15.7. The van der Waals surface area contributed by atoms with Gasteiger partial charge in [0.1, 0.15) is 16.5 Å². The van der Waals surface area contributed by atoms with Gasteiger partial charge in [-0.1, -0.05) is 20.8 Å². The van der Waals surface area contributed by atoms with Crippen LogP contribution >= 0.6 is 11.3 Å². The minimum absolute atomic E-state index is 0.0752. The van der Waals surface area contributed by atoms with Gasteiger partial charge in [0.2, 0.25) is 0 Å². The highest BCUT2D eigenvalue weighted by Gasteiger charge is 2.48. The summed E-state index contributed by atoms with van der Waals surface area (Å²) in [6, 6.07) is 2.08. The van der Waals surface area contributed by atoms with Gasteiger partial charge < -0.3 is 9.64 Å². The lowest BCUT2D eigenvalue weighted by Gasteiger charge is -2.31. The number of hydrogen-bond acceptors (Lipinski definition) is 6. The fraction of sp³-hybridized carbons (Fsp3) is 0.611. The highest BCUT2D eigenvalue weighted by Crippen LogP contribution is 2.42. The second-order valence-corrected chi connectivity index (χ2v) is 7.55. The third kappa shape index (κ3) is 2.77. The fourth-order valence-electron chi connectivity index (χ4n) is 3.44. The van der Waals surface area contributed by atoms with Crippen molar-refractivity contribution in [3.8, 4) is 0 Å². The van der Waals surface area contributed by atoms with Crippen molar-refractivity contribution in [3.05, 3.63) is 17.3 Å². The standard InChI is InChI=1S/C18H25N3O2S/c1-5-14-19-15(13-7-10-24-16(13)20-14)21-9-8-18(11-21,12(3)4)17(22)23-6-2/h7,10,12H,5-6,8-9,11H2,1-4H3. The molecule has 130 valence electrons. The van der Waals surface area contributed by atoms with Crippen molar-refractivity contribution in [3.63, 3.8) is 0 Å². The minimum atomic E-state index is -0.449. The molecule has 1 fully saturated rings. The number of rotatable bonds is 5. The van der Waals surface area contributed by atoms with Crippen molar-refractivity contribution in [2.75, 3.05) is 24.6 Å². The molecule has 5 nitrogen and oxygen atoms in total. The van der Waals surface area contributed by atoms with Gasteiger partial charge in [-0.2, -0.15) is 0 Å². The van der Waals surface area contributed by atoms with Gasteiger partial charge in [0, 0.05) is 19.5 Å². The third-order valence-electron chi connectivity index (χ3n) is 5.05. The zero-order chi connectivity index (χ0) is 17.3. The van der Waals surface area contributed by atoms with E-state index >= 15 is 0 Å². The van der Waals surface area contributed by atoms with E-state index in [-0.39, 0.29) is 11.9 Å². The molecule has 2 aromatic heterocycles. The first-order valence-electron chi connectivity index (χ1n) is 8.68. The molecule has 1 saturated heterocycles. The second-order valence-electron chi connectivity index (χ2n) is 6.66. The van der Waals surface area contributed by atoms with Gasteiger partial charge in [-0.05, 0) is 30.7 Å². The molecule has 1 aliphatic rings. The summed E-state index contributed by atoms with van der Waals surface area (Å²) in [7, 11) is 0. The lowest BCUT2D eigenvalue weighted by Crippen LogP contribution is -2.40. The Morgan fingerprint density at radius 3 is 2.88 bits per heavy atom. The second kappa shape index (κ2) is 6.67. The summed E-state index contributed by atoms with van der Waals surface area (Å²) in [5.41, 5.74) is -0.449. The molecule has 6 heteroatoms. The highest BCUT2D eigenvalue weighted by molar-refractivity contribution is 7.16. The van der Waals surface area contributed by atoms with Crippen LogP contribution < -0.4 is 4.90 Å². The average Bonchev–Trinajstić information content (AvgIpc) is 3.21. The van der Waals surface area contributed by atoms with Crippen molar-refractivity contribution >= 4 is 33.3 Å². The van der Waals surface area contributed by atoms with Crippen LogP contribution in [0.1, 0.15) is 39.9 Å². The van der Waals surface area contributed by atoms with E-state index in [0.717, 1.165) is 41.2 Å².